The fourth-order valence-corrected chi connectivity index (χ4v) is 2.07. The summed E-state index contributed by atoms with van der Waals surface area (Å²) in [7, 11) is 0. The summed E-state index contributed by atoms with van der Waals surface area (Å²) in [4.78, 5) is 27.1. The third-order valence-corrected chi connectivity index (χ3v) is 3.17. The lowest BCUT2D eigenvalue weighted by Crippen LogP contribution is -2.42. The Labute approximate surface area is 134 Å². The molecule has 1 heterocycles. The Hall–Kier alpha value is -2.89. The molecular weight excluding hydrogens is 296 g/mol. The molecule has 1 aromatic heterocycles. The Kier molecular flexibility index (Phi) is 5.68. The lowest BCUT2D eigenvalue weighted by atomic mass is 10.1. The highest BCUT2D eigenvalue weighted by atomic mass is 16.5. The van der Waals surface area contributed by atoms with Crippen LogP contribution in [0.25, 0.3) is 0 Å². The molecule has 0 aliphatic rings. The number of ether oxygens (including phenoxy) is 1. The Bertz CT molecular complexity index is 673. The molecule has 2 N–H and O–H groups in total. The second-order valence-corrected chi connectivity index (χ2v) is 5.17. The Balaban J connectivity index is 1.91. The number of aromatic nitrogens is 1. The number of rotatable bonds is 6. The van der Waals surface area contributed by atoms with Crippen molar-refractivity contribution in [1.29, 1.82) is 0 Å². The number of aliphatic carboxylic acids is 1. The van der Waals surface area contributed by atoms with Crippen LogP contribution in [0.1, 0.15) is 16.7 Å². The van der Waals surface area contributed by atoms with Gasteiger partial charge >= 0.3 is 12.1 Å². The van der Waals surface area contributed by atoms with Gasteiger partial charge in [-0.15, -0.1) is 0 Å². The molecule has 0 aliphatic heterocycles. The molecule has 23 heavy (non-hydrogen) atoms. The van der Waals surface area contributed by atoms with Crippen molar-refractivity contribution in [2.24, 2.45) is 0 Å². The second kappa shape index (κ2) is 7.93. The highest BCUT2D eigenvalue weighted by Crippen LogP contribution is 2.06. The molecule has 0 aliphatic carbocycles. The predicted octanol–water partition coefficient (Wildman–Crippen LogP) is 2.31. The lowest BCUT2D eigenvalue weighted by Gasteiger charge is -2.14. The third kappa shape index (κ3) is 5.43. The molecule has 1 atom stereocenters. The molecule has 0 saturated heterocycles. The van der Waals surface area contributed by atoms with E-state index in [1.54, 1.807) is 12.4 Å². The highest BCUT2D eigenvalue weighted by Gasteiger charge is 2.21. The number of nitrogens with one attached hydrogen (secondary N) is 1. The van der Waals surface area contributed by atoms with E-state index < -0.39 is 18.1 Å². The number of nitrogens with zero attached hydrogens (tertiary/aromatic N) is 1. The van der Waals surface area contributed by atoms with Crippen LogP contribution in [0, 0.1) is 6.92 Å². The van der Waals surface area contributed by atoms with Crippen molar-refractivity contribution in [3.8, 4) is 0 Å². The molecule has 1 aromatic carbocycles. The zero-order chi connectivity index (χ0) is 16.7. The number of carbonyl (C=O) groups is 2. The number of carboxylic acid groups (broad SMARTS) is 1. The monoisotopic (exact) mass is 314 g/mol. The van der Waals surface area contributed by atoms with Crippen LogP contribution in [0.4, 0.5) is 4.79 Å². The standard InChI is InChI=1S/C17H18N2O4/c1-12-7-14(10-18-9-12)8-15(16(20)21)19-17(22)23-11-13-5-3-2-4-6-13/h2-7,9-10,15H,8,11H2,1H3,(H,19,22)(H,20,21). The summed E-state index contributed by atoms with van der Waals surface area (Å²) in [6.07, 6.45) is 2.65. The number of hydrogen-bond donors (Lipinski definition) is 2. The van der Waals surface area contributed by atoms with Gasteiger partial charge in [-0.2, -0.15) is 0 Å². The average molecular weight is 314 g/mol. The van der Waals surface area contributed by atoms with E-state index in [1.807, 2.05) is 43.3 Å². The topological polar surface area (TPSA) is 88.5 Å². The molecule has 2 aromatic rings. The maximum Gasteiger partial charge on any atom is 0.408 e. The van der Waals surface area contributed by atoms with Crippen LogP contribution in [0.15, 0.2) is 48.8 Å². The number of carboxylic acids is 1. The number of aryl methyl sites for hydroxylation is 1. The molecule has 6 heteroatoms. The van der Waals surface area contributed by atoms with E-state index in [2.05, 4.69) is 10.3 Å². The minimum atomic E-state index is -1.12. The first kappa shape index (κ1) is 16.5. The van der Waals surface area contributed by atoms with Crippen LogP contribution in [0.5, 0.6) is 0 Å². The van der Waals surface area contributed by atoms with E-state index in [9.17, 15) is 14.7 Å². The molecule has 0 fully saturated rings. The Morgan fingerprint density at radius 3 is 2.61 bits per heavy atom. The van der Waals surface area contributed by atoms with E-state index in [0.29, 0.717) is 0 Å². The van der Waals surface area contributed by atoms with Gasteiger partial charge < -0.3 is 15.2 Å². The van der Waals surface area contributed by atoms with Crippen molar-refractivity contribution in [3.63, 3.8) is 0 Å². The van der Waals surface area contributed by atoms with Crippen molar-refractivity contribution < 1.29 is 19.4 Å². The Morgan fingerprint density at radius 2 is 1.96 bits per heavy atom. The molecule has 120 valence electrons. The summed E-state index contributed by atoms with van der Waals surface area (Å²) in [5, 5.41) is 11.6. The van der Waals surface area contributed by atoms with Crippen LogP contribution in [-0.2, 0) is 22.6 Å². The maximum absolute atomic E-state index is 11.8. The fraction of sp³-hybridized carbons (Fsp3) is 0.235. The quantitative estimate of drug-likeness (QED) is 0.854. The van der Waals surface area contributed by atoms with Crippen molar-refractivity contribution in [1.82, 2.24) is 10.3 Å². The molecule has 6 nitrogen and oxygen atoms in total. The van der Waals surface area contributed by atoms with Gasteiger partial charge in [0.05, 0.1) is 0 Å². The normalized spacial score (nSPS) is 11.5. The van der Waals surface area contributed by atoms with Gasteiger partial charge in [-0.1, -0.05) is 36.4 Å². The van der Waals surface area contributed by atoms with Crippen LogP contribution < -0.4 is 5.32 Å². The van der Waals surface area contributed by atoms with Gasteiger partial charge in [0.2, 0.25) is 0 Å². The minimum Gasteiger partial charge on any atom is -0.480 e. The SMILES string of the molecule is Cc1cncc(CC(NC(=O)OCc2ccccc2)C(=O)O)c1. The minimum absolute atomic E-state index is 0.0883. The fourth-order valence-electron chi connectivity index (χ4n) is 2.07. The second-order valence-electron chi connectivity index (χ2n) is 5.17. The summed E-state index contributed by atoms with van der Waals surface area (Å²) in [5.74, 6) is -1.12. The first-order valence-corrected chi connectivity index (χ1v) is 7.15. The van der Waals surface area contributed by atoms with Gasteiger partial charge in [-0.05, 0) is 23.6 Å². The molecule has 1 amide bonds. The summed E-state index contributed by atoms with van der Waals surface area (Å²) >= 11 is 0. The van der Waals surface area contributed by atoms with Crippen LogP contribution in [-0.4, -0.2) is 28.2 Å². The van der Waals surface area contributed by atoms with Crippen molar-refractivity contribution >= 4 is 12.1 Å². The van der Waals surface area contributed by atoms with Gasteiger partial charge in [-0.3, -0.25) is 4.98 Å². The first-order chi connectivity index (χ1) is 11.0. The number of benzene rings is 1. The van der Waals surface area contributed by atoms with Crippen LogP contribution in [0.2, 0.25) is 0 Å². The summed E-state index contributed by atoms with van der Waals surface area (Å²) in [6, 6.07) is 9.94. The molecule has 2 rings (SSSR count). The summed E-state index contributed by atoms with van der Waals surface area (Å²) in [5.41, 5.74) is 2.50. The molecule has 0 saturated carbocycles. The smallest absolute Gasteiger partial charge is 0.408 e. The largest absolute Gasteiger partial charge is 0.480 e. The Morgan fingerprint density at radius 1 is 1.22 bits per heavy atom. The average Bonchev–Trinajstić information content (AvgIpc) is 2.53. The molecular formula is C17H18N2O4. The predicted molar refractivity (Wildman–Crippen MR) is 83.9 cm³/mol. The molecule has 0 spiro atoms. The van der Waals surface area contributed by atoms with Crippen molar-refractivity contribution in [2.45, 2.75) is 26.0 Å². The summed E-state index contributed by atoms with van der Waals surface area (Å²) < 4.78 is 5.04. The van der Waals surface area contributed by atoms with E-state index in [4.69, 9.17) is 4.74 Å². The number of hydrogen-bond acceptors (Lipinski definition) is 4. The maximum atomic E-state index is 11.8. The van der Waals surface area contributed by atoms with Gasteiger partial charge in [0.25, 0.3) is 0 Å². The molecule has 0 bridgehead atoms. The number of carbonyl (C=O) groups excluding carboxylic acids is 1. The summed E-state index contributed by atoms with van der Waals surface area (Å²) in [6.45, 7) is 1.96. The van der Waals surface area contributed by atoms with Gasteiger partial charge in [-0.25, -0.2) is 9.59 Å². The van der Waals surface area contributed by atoms with E-state index in [0.717, 1.165) is 16.7 Å². The van der Waals surface area contributed by atoms with Crippen LogP contribution >= 0.6 is 0 Å². The van der Waals surface area contributed by atoms with Gasteiger partial charge in [0.15, 0.2) is 0 Å². The zero-order valence-corrected chi connectivity index (χ0v) is 12.7. The van der Waals surface area contributed by atoms with Crippen molar-refractivity contribution in [3.05, 3.63) is 65.5 Å². The lowest BCUT2D eigenvalue weighted by molar-refractivity contribution is -0.139. The first-order valence-electron chi connectivity index (χ1n) is 7.15. The number of alkyl carbamates (subject to hydrolysis) is 1. The van der Waals surface area contributed by atoms with E-state index >= 15 is 0 Å². The van der Waals surface area contributed by atoms with E-state index in [-0.39, 0.29) is 13.0 Å². The van der Waals surface area contributed by atoms with Gasteiger partial charge in [0, 0.05) is 18.8 Å². The van der Waals surface area contributed by atoms with Gasteiger partial charge in [0.1, 0.15) is 12.6 Å². The number of amides is 1. The van der Waals surface area contributed by atoms with Crippen LogP contribution in [0.3, 0.4) is 0 Å². The van der Waals surface area contributed by atoms with E-state index in [1.165, 1.54) is 0 Å². The zero-order valence-electron chi connectivity index (χ0n) is 12.7. The third-order valence-electron chi connectivity index (χ3n) is 3.17. The number of pyridine rings is 1. The molecule has 0 radical (unpaired) electrons. The highest BCUT2D eigenvalue weighted by molar-refractivity contribution is 5.80. The van der Waals surface area contributed by atoms with Crippen molar-refractivity contribution in [2.75, 3.05) is 0 Å². The molecule has 1 unspecified atom stereocenters.